The van der Waals surface area contributed by atoms with Crippen LogP contribution in [-0.4, -0.2) is 5.54 Å². The molecule has 1 aliphatic heterocycles. The zero-order valence-electron chi connectivity index (χ0n) is 11.0. The van der Waals surface area contributed by atoms with Crippen LogP contribution in [0.4, 0.5) is 0 Å². The van der Waals surface area contributed by atoms with Gasteiger partial charge in [-0.15, -0.1) is 0 Å². The summed E-state index contributed by atoms with van der Waals surface area (Å²) < 4.78 is 0. The quantitative estimate of drug-likeness (QED) is 0.687. The fourth-order valence-electron chi connectivity index (χ4n) is 4.58. The van der Waals surface area contributed by atoms with E-state index in [-0.39, 0.29) is 0 Å². The molecule has 4 saturated carbocycles. The molecule has 0 atom stereocenters. The minimum atomic E-state index is 0.300. The molecule has 2 heteroatoms. The number of nitrogens with one attached hydrogen (secondary N) is 1. The van der Waals surface area contributed by atoms with Crippen molar-refractivity contribution in [2.75, 3.05) is 0 Å². The summed E-state index contributed by atoms with van der Waals surface area (Å²) in [5, 5.41) is 2.92. The summed E-state index contributed by atoms with van der Waals surface area (Å²) in [6.07, 6.45) is 20.1. The lowest BCUT2D eigenvalue weighted by Crippen LogP contribution is -2.55. The van der Waals surface area contributed by atoms with Crippen molar-refractivity contribution < 1.29 is 0 Å². The predicted molar refractivity (Wildman–Crippen MR) is 75.6 cm³/mol. The summed E-state index contributed by atoms with van der Waals surface area (Å²) in [5.41, 5.74) is 6.62. The number of hydrogen-bond acceptors (Lipinski definition) is 2. The number of allylic oxidation sites excluding steroid dienone is 4. The molecule has 0 aromatic carbocycles. The zero-order chi connectivity index (χ0) is 12.4. The Morgan fingerprint density at radius 3 is 1.61 bits per heavy atom. The summed E-state index contributed by atoms with van der Waals surface area (Å²) in [4.78, 5) is 0. The van der Waals surface area contributed by atoms with Crippen LogP contribution in [0, 0.1) is 17.8 Å². The van der Waals surface area contributed by atoms with Gasteiger partial charge in [-0.3, -0.25) is 0 Å². The minimum absolute atomic E-state index is 0.300. The molecule has 2 nitrogen and oxygen atoms in total. The summed E-state index contributed by atoms with van der Waals surface area (Å²) >= 11 is 0. The van der Waals surface area contributed by atoms with Crippen LogP contribution in [0.15, 0.2) is 36.7 Å². The van der Waals surface area contributed by atoms with Gasteiger partial charge in [0.2, 0.25) is 0 Å². The highest BCUT2D eigenvalue weighted by Gasteiger charge is 2.48. The average Bonchev–Trinajstić information content (AvgIpc) is 2.57. The summed E-state index contributed by atoms with van der Waals surface area (Å²) in [5.74, 6) is 3.06. The standard InChI is InChI=1S/C10H17N.C6H7N/c11-10-4-7-1-8(5-10)3-9(2-7)6-10;1-2-4-6-7-5-3-1/h7-9H,1-6,11H2;1-7H. The van der Waals surface area contributed by atoms with Crippen LogP contribution >= 0.6 is 0 Å². The van der Waals surface area contributed by atoms with E-state index in [9.17, 15) is 0 Å². The molecule has 3 N–H and O–H groups in total. The van der Waals surface area contributed by atoms with Gasteiger partial charge in [-0.25, -0.2) is 0 Å². The molecule has 18 heavy (non-hydrogen) atoms. The van der Waals surface area contributed by atoms with Gasteiger partial charge in [0.15, 0.2) is 0 Å². The normalized spacial score (nSPS) is 43.1. The third-order valence-corrected chi connectivity index (χ3v) is 4.80. The molecular weight excluding hydrogens is 220 g/mol. The maximum atomic E-state index is 6.32. The Balaban J connectivity index is 0.000000125. The SMILES string of the molecule is C1=CC=CNC=C1.NC12CC3CC(CC(C3)C1)C2. The van der Waals surface area contributed by atoms with E-state index in [1.807, 2.05) is 36.7 Å². The van der Waals surface area contributed by atoms with E-state index >= 15 is 0 Å². The Labute approximate surface area is 110 Å². The van der Waals surface area contributed by atoms with E-state index in [2.05, 4.69) is 5.32 Å². The molecule has 98 valence electrons. The van der Waals surface area contributed by atoms with Crippen molar-refractivity contribution in [3.8, 4) is 0 Å². The molecule has 4 aliphatic carbocycles. The second-order valence-corrected chi connectivity index (χ2v) is 6.55. The first-order valence-corrected chi connectivity index (χ1v) is 7.27. The smallest absolute Gasteiger partial charge is 0.0162 e. The lowest BCUT2D eigenvalue weighted by atomic mass is 9.53. The fourth-order valence-corrected chi connectivity index (χ4v) is 4.58. The molecule has 0 saturated heterocycles. The van der Waals surface area contributed by atoms with Gasteiger partial charge in [0, 0.05) is 17.9 Å². The van der Waals surface area contributed by atoms with Gasteiger partial charge in [0.1, 0.15) is 0 Å². The first-order chi connectivity index (χ1) is 8.73. The van der Waals surface area contributed by atoms with Crippen molar-refractivity contribution in [2.45, 2.75) is 44.1 Å². The Bertz CT molecular complexity index is 329. The number of rotatable bonds is 0. The van der Waals surface area contributed by atoms with E-state index in [0.717, 1.165) is 17.8 Å². The largest absolute Gasteiger partial charge is 0.368 e. The summed E-state index contributed by atoms with van der Waals surface area (Å²) in [6.45, 7) is 0. The molecule has 0 aromatic rings. The Kier molecular flexibility index (Phi) is 3.29. The molecule has 0 radical (unpaired) electrons. The van der Waals surface area contributed by atoms with Crippen LogP contribution in [0.25, 0.3) is 0 Å². The van der Waals surface area contributed by atoms with Crippen molar-refractivity contribution in [2.24, 2.45) is 23.5 Å². The van der Waals surface area contributed by atoms with E-state index in [1.54, 1.807) is 0 Å². The van der Waals surface area contributed by atoms with E-state index in [0.29, 0.717) is 5.54 Å². The topological polar surface area (TPSA) is 38.0 Å². The average molecular weight is 244 g/mol. The van der Waals surface area contributed by atoms with Crippen molar-refractivity contribution in [1.29, 1.82) is 0 Å². The molecule has 4 bridgehead atoms. The first kappa shape index (κ1) is 12.0. The molecule has 5 rings (SSSR count). The Morgan fingerprint density at radius 1 is 0.778 bits per heavy atom. The molecule has 4 fully saturated rings. The highest BCUT2D eigenvalue weighted by atomic mass is 14.8. The van der Waals surface area contributed by atoms with Crippen molar-refractivity contribution in [1.82, 2.24) is 5.32 Å². The van der Waals surface area contributed by atoms with Crippen LogP contribution in [-0.2, 0) is 0 Å². The van der Waals surface area contributed by atoms with Gasteiger partial charge in [-0.05, 0) is 68.4 Å². The van der Waals surface area contributed by atoms with Crippen LogP contribution < -0.4 is 11.1 Å². The molecule has 0 aromatic heterocycles. The monoisotopic (exact) mass is 244 g/mol. The third kappa shape index (κ3) is 2.69. The van der Waals surface area contributed by atoms with E-state index in [1.165, 1.54) is 38.5 Å². The molecule has 5 aliphatic rings. The second-order valence-electron chi connectivity index (χ2n) is 6.55. The zero-order valence-corrected chi connectivity index (χ0v) is 11.0. The van der Waals surface area contributed by atoms with Gasteiger partial charge in [0.25, 0.3) is 0 Å². The molecule has 0 unspecified atom stereocenters. The first-order valence-electron chi connectivity index (χ1n) is 7.27. The highest BCUT2D eigenvalue weighted by Crippen LogP contribution is 2.54. The number of hydrogen-bond donors (Lipinski definition) is 2. The Morgan fingerprint density at radius 2 is 1.22 bits per heavy atom. The van der Waals surface area contributed by atoms with Crippen LogP contribution in [0.5, 0.6) is 0 Å². The van der Waals surface area contributed by atoms with Crippen molar-refractivity contribution in [3.05, 3.63) is 36.7 Å². The minimum Gasteiger partial charge on any atom is -0.368 e. The molecule has 0 spiro atoms. The van der Waals surface area contributed by atoms with E-state index in [4.69, 9.17) is 5.73 Å². The molecule has 0 amide bonds. The van der Waals surface area contributed by atoms with Crippen molar-refractivity contribution in [3.63, 3.8) is 0 Å². The summed E-state index contributed by atoms with van der Waals surface area (Å²) in [7, 11) is 0. The third-order valence-electron chi connectivity index (χ3n) is 4.80. The van der Waals surface area contributed by atoms with Crippen LogP contribution in [0.3, 0.4) is 0 Å². The maximum Gasteiger partial charge on any atom is 0.0162 e. The van der Waals surface area contributed by atoms with Crippen LogP contribution in [0.1, 0.15) is 38.5 Å². The molecule has 1 heterocycles. The predicted octanol–water partition coefficient (Wildman–Crippen LogP) is 3.09. The highest BCUT2D eigenvalue weighted by molar-refractivity contribution is 5.14. The van der Waals surface area contributed by atoms with Gasteiger partial charge < -0.3 is 11.1 Å². The van der Waals surface area contributed by atoms with Crippen molar-refractivity contribution >= 4 is 0 Å². The van der Waals surface area contributed by atoms with Crippen LogP contribution in [0.2, 0.25) is 0 Å². The second kappa shape index (κ2) is 4.93. The summed E-state index contributed by atoms with van der Waals surface area (Å²) in [6, 6.07) is 0. The van der Waals surface area contributed by atoms with E-state index < -0.39 is 0 Å². The van der Waals surface area contributed by atoms with Gasteiger partial charge in [-0.1, -0.05) is 12.2 Å². The molecular formula is C16H24N2. The lowest BCUT2D eigenvalue weighted by Gasteiger charge is -2.55. The fraction of sp³-hybridized carbons (Fsp3) is 0.625. The number of nitrogens with two attached hydrogens (primary N) is 1. The van der Waals surface area contributed by atoms with Gasteiger partial charge in [-0.2, -0.15) is 0 Å². The Hall–Kier alpha value is -1.02. The lowest BCUT2D eigenvalue weighted by molar-refractivity contribution is 0.000365. The maximum absolute atomic E-state index is 6.32. The van der Waals surface area contributed by atoms with Gasteiger partial charge in [0.05, 0.1) is 0 Å². The van der Waals surface area contributed by atoms with Gasteiger partial charge >= 0.3 is 0 Å².